The predicted molar refractivity (Wildman–Crippen MR) is 138 cm³/mol. The zero-order valence-corrected chi connectivity index (χ0v) is 20.3. The first kappa shape index (κ1) is 23.8. The van der Waals surface area contributed by atoms with Crippen molar-refractivity contribution in [2.45, 2.75) is 13.3 Å². The molecule has 2 aromatic carbocycles. The molecule has 7 nitrogen and oxygen atoms in total. The van der Waals surface area contributed by atoms with E-state index in [9.17, 15) is 9.59 Å². The number of benzene rings is 2. The fourth-order valence-electron chi connectivity index (χ4n) is 3.82. The summed E-state index contributed by atoms with van der Waals surface area (Å²) >= 11 is 11.3. The maximum atomic E-state index is 12.7. The highest BCUT2D eigenvalue weighted by Gasteiger charge is 2.22. The van der Waals surface area contributed by atoms with Crippen molar-refractivity contribution in [3.63, 3.8) is 0 Å². The largest absolute Gasteiger partial charge is 0.451 e. The van der Waals surface area contributed by atoms with Crippen LogP contribution in [0.5, 0.6) is 0 Å². The first-order valence-corrected chi connectivity index (χ1v) is 11.8. The lowest BCUT2D eigenvalue weighted by molar-refractivity contribution is -0.131. The van der Waals surface area contributed by atoms with Crippen molar-refractivity contribution in [2.24, 2.45) is 0 Å². The minimum absolute atomic E-state index is 0.152. The van der Waals surface area contributed by atoms with E-state index in [1.54, 1.807) is 24.3 Å². The molecule has 2 N–H and O–H groups in total. The van der Waals surface area contributed by atoms with E-state index in [1.165, 1.54) is 0 Å². The van der Waals surface area contributed by atoms with Crippen LogP contribution in [-0.4, -0.2) is 48.0 Å². The summed E-state index contributed by atoms with van der Waals surface area (Å²) in [6.45, 7) is 4.69. The van der Waals surface area contributed by atoms with Gasteiger partial charge in [0.25, 0.3) is 5.91 Å². The summed E-state index contributed by atoms with van der Waals surface area (Å²) < 4.78 is 5.70. The second-order valence-electron chi connectivity index (χ2n) is 7.82. The molecule has 1 aromatic heterocycles. The number of furan rings is 1. The Bertz CT molecular complexity index is 1190. The summed E-state index contributed by atoms with van der Waals surface area (Å²) in [5.41, 5.74) is 2.56. The van der Waals surface area contributed by atoms with Gasteiger partial charge < -0.3 is 19.5 Å². The Labute approximate surface area is 208 Å². The van der Waals surface area contributed by atoms with Crippen molar-refractivity contribution >= 4 is 52.1 Å². The lowest BCUT2D eigenvalue weighted by atomic mass is 10.2. The van der Waals surface area contributed by atoms with E-state index in [0.29, 0.717) is 30.3 Å². The first-order chi connectivity index (χ1) is 16.4. The van der Waals surface area contributed by atoms with Crippen LogP contribution >= 0.6 is 23.8 Å². The van der Waals surface area contributed by atoms with Crippen LogP contribution in [0.15, 0.2) is 65.1 Å². The van der Waals surface area contributed by atoms with Gasteiger partial charge >= 0.3 is 0 Å². The van der Waals surface area contributed by atoms with Crippen LogP contribution in [0.4, 0.5) is 11.4 Å². The van der Waals surface area contributed by atoms with Crippen molar-refractivity contribution in [1.82, 2.24) is 10.2 Å². The van der Waals surface area contributed by atoms with Crippen molar-refractivity contribution in [2.75, 3.05) is 36.4 Å². The van der Waals surface area contributed by atoms with E-state index in [1.807, 2.05) is 48.2 Å². The Hall–Kier alpha value is -3.36. The smallest absolute Gasteiger partial charge is 0.293 e. The van der Waals surface area contributed by atoms with Crippen LogP contribution in [0.3, 0.4) is 0 Å². The molecule has 2 amide bonds. The molecular weight excluding hydrogens is 472 g/mol. The summed E-state index contributed by atoms with van der Waals surface area (Å²) in [7, 11) is 0. The van der Waals surface area contributed by atoms with Gasteiger partial charge in [-0.05, 0) is 60.7 Å². The number of nitrogens with one attached hydrogen (secondary N) is 2. The molecular formula is C25H25ClN4O3S. The summed E-state index contributed by atoms with van der Waals surface area (Å²) in [4.78, 5) is 28.7. The van der Waals surface area contributed by atoms with Gasteiger partial charge in [0.2, 0.25) is 5.91 Å². The molecule has 0 spiro atoms. The molecule has 0 aliphatic carbocycles. The molecule has 0 saturated carbocycles. The Morgan fingerprint density at radius 2 is 1.71 bits per heavy atom. The predicted octanol–water partition coefficient (Wildman–Crippen LogP) is 4.79. The molecule has 176 valence electrons. The first-order valence-electron chi connectivity index (χ1n) is 11.0. The lowest BCUT2D eigenvalue weighted by Gasteiger charge is -2.37. The number of hydrogen-bond donors (Lipinski definition) is 2. The number of amides is 2. The molecule has 9 heteroatoms. The molecule has 1 fully saturated rings. The van der Waals surface area contributed by atoms with Crippen LogP contribution < -0.4 is 15.5 Å². The van der Waals surface area contributed by atoms with Crippen molar-refractivity contribution < 1.29 is 14.0 Å². The Kier molecular flexibility index (Phi) is 7.49. The van der Waals surface area contributed by atoms with Crippen LogP contribution in [0.2, 0.25) is 5.02 Å². The van der Waals surface area contributed by atoms with Gasteiger partial charge in [-0.1, -0.05) is 30.7 Å². The minimum Gasteiger partial charge on any atom is -0.451 e. The number of carbonyl (C=O) groups is 2. The number of piperazine rings is 1. The second-order valence-corrected chi connectivity index (χ2v) is 8.66. The SMILES string of the molecule is CCC(=O)N1CCN(c2ccccc2NC(=S)NC(=O)c2ccc(-c3ccc(Cl)cc3)o2)CC1. The highest BCUT2D eigenvalue weighted by atomic mass is 35.5. The summed E-state index contributed by atoms with van der Waals surface area (Å²) in [6, 6.07) is 18.3. The van der Waals surface area contributed by atoms with Gasteiger partial charge in [0.15, 0.2) is 10.9 Å². The zero-order chi connectivity index (χ0) is 24.1. The van der Waals surface area contributed by atoms with Crippen LogP contribution in [0.1, 0.15) is 23.9 Å². The van der Waals surface area contributed by atoms with E-state index in [-0.39, 0.29) is 16.8 Å². The van der Waals surface area contributed by atoms with E-state index >= 15 is 0 Å². The van der Waals surface area contributed by atoms with Crippen molar-refractivity contribution in [1.29, 1.82) is 0 Å². The number of para-hydroxylation sites is 2. The fourth-order valence-corrected chi connectivity index (χ4v) is 4.15. The highest BCUT2D eigenvalue weighted by molar-refractivity contribution is 7.80. The molecule has 0 bridgehead atoms. The van der Waals surface area contributed by atoms with Crippen LogP contribution in [0, 0.1) is 0 Å². The number of hydrogen-bond acceptors (Lipinski definition) is 5. The molecule has 1 aliphatic heterocycles. The third-order valence-electron chi connectivity index (χ3n) is 5.61. The number of nitrogens with zero attached hydrogens (tertiary/aromatic N) is 2. The Morgan fingerprint density at radius 3 is 2.41 bits per heavy atom. The molecule has 4 rings (SSSR count). The van der Waals surface area contributed by atoms with Gasteiger partial charge in [0.05, 0.1) is 11.4 Å². The van der Waals surface area contributed by atoms with E-state index < -0.39 is 5.91 Å². The number of rotatable bonds is 5. The van der Waals surface area contributed by atoms with Gasteiger partial charge in [0.1, 0.15) is 5.76 Å². The lowest BCUT2D eigenvalue weighted by Crippen LogP contribution is -2.48. The number of carbonyl (C=O) groups excluding carboxylic acids is 2. The highest BCUT2D eigenvalue weighted by Crippen LogP contribution is 2.27. The Morgan fingerprint density at radius 1 is 1.00 bits per heavy atom. The molecule has 0 atom stereocenters. The molecule has 0 unspecified atom stereocenters. The van der Waals surface area contributed by atoms with Crippen molar-refractivity contribution in [3.8, 4) is 11.3 Å². The van der Waals surface area contributed by atoms with E-state index in [4.69, 9.17) is 28.2 Å². The average Bonchev–Trinajstić information content (AvgIpc) is 3.35. The monoisotopic (exact) mass is 496 g/mol. The molecule has 34 heavy (non-hydrogen) atoms. The van der Waals surface area contributed by atoms with Gasteiger partial charge in [-0.3, -0.25) is 14.9 Å². The minimum atomic E-state index is -0.443. The quantitative estimate of drug-likeness (QED) is 0.495. The average molecular weight is 497 g/mol. The standard InChI is InChI=1S/C25H25ClN4O3S/c1-2-23(31)30-15-13-29(14-16-30)20-6-4-3-5-19(20)27-25(34)28-24(32)22-12-11-21(33-22)17-7-9-18(26)10-8-17/h3-12H,2,13-16H2,1H3,(H2,27,28,32,34). The summed E-state index contributed by atoms with van der Waals surface area (Å²) in [6.07, 6.45) is 0.517. The van der Waals surface area contributed by atoms with E-state index in [0.717, 1.165) is 30.0 Å². The fraction of sp³-hybridized carbons (Fsp3) is 0.240. The van der Waals surface area contributed by atoms with E-state index in [2.05, 4.69) is 15.5 Å². The second kappa shape index (κ2) is 10.7. The van der Waals surface area contributed by atoms with Gasteiger partial charge in [-0.15, -0.1) is 0 Å². The normalized spacial score (nSPS) is 13.5. The maximum absolute atomic E-state index is 12.7. The number of anilines is 2. The molecule has 3 aromatic rings. The van der Waals surface area contributed by atoms with Crippen LogP contribution in [0.25, 0.3) is 11.3 Å². The Balaban J connectivity index is 1.38. The molecule has 1 aliphatic rings. The zero-order valence-electron chi connectivity index (χ0n) is 18.7. The molecule has 1 saturated heterocycles. The number of halogens is 1. The third-order valence-corrected chi connectivity index (χ3v) is 6.07. The van der Waals surface area contributed by atoms with Crippen molar-refractivity contribution in [3.05, 3.63) is 71.4 Å². The van der Waals surface area contributed by atoms with Gasteiger partial charge in [0, 0.05) is 43.2 Å². The maximum Gasteiger partial charge on any atom is 0.293 e. The third kappa shape index (κ3) is 5.58. The molecule has 0 radical (unpaired) electrons. The van der Waals surface area contributed by atoms with Crippen LogP contribution in [-0.2, 0) is 4.79 Å². The topological polar surface area (TPSA) is 77.8 Å². The summed E-state index contributed by atoms with van der Waals surface area (Å²) in [5.74, 6) is 0.444. The number of thiocarbonyl (C=S) groups is 1. The van der Waals surface area contributed by atoms with Gasteiger partial charge in [-0.2, -0.15) is 0 Å². The molecule has 2 heterocycles. The summed E-state index contributed by atoms with van der Waals surface area (Å²) in [5, 5.41) is 6.59. The van der Waals surface area contributed by atoms with Gasteiger partial charge in [-0.25, -0.2) is 0 Å².